The van der Waals surface area contributed by atoms with Crippen molar-refractivity contribution in [3.63, 3.8) is 0 Å². The van der Waals surface area contributed by atoms with E-state index in [1.807, 2.05) is 4.57 Å². The Kier molecular flexibility index (Phi) is 7.45. The van der Waals surface area contributed by atoms with E-state index in [1.165, 1.54) is 51.9 Å². The molecule has 0 aromatic carbocycles. The van der Waals surface area contributed by atoms with E-state index in [1.54, 1.807) is 7.11 Å². The van der Waals surface area contributed by atoms with Crippen molar-refractivity contribution in [3.8, 4) is 6.01 Å². The van der Waals surface area contributed by atoms with Crippen molar-refractivity contribution in [1.82, 2.24) is 29.3 Å². The average Bonchev–Trinajstić information content (AvgIpc) is 3.43. The Morgan fingerprint density at radius 3 is 2.52 bits per heavy atom. The third-order valence-electron chi connectivity index (χ3n) is 6.69. The van der Waals surface area contributed by atoms with Gasteiger partial charge in [0.25, 0.3) is 6.01 Å². The van der Waals surface area contributed by atoms with Gasteiger partial charge < -0.3 is 20.7 Å². The molecule has 3 heterocycles. The maximum absolute atomic E-state index is 6.17. The number of methoxy groups -OCH3 is 1. The molecule has 1 aliphatic heterocycles. The van der Waals surface area contributed by atoms with Crippen LogP contribution in [0, 0.1) is 0 Å². The number of aromatic nitrogens is 4. The Hall–Kier alpha value is -2.13. The second kappa shape index (κ2) is 10.5. The van der Waals surface area contributed by atoms with Gasteiger partial charge in [-0.25, -0.2) is 0 Å². The number of nitrogens with two attached hydrogens (primary N) is 1. The predicted molar refractivity (Wildman–Crippen MR) is 125 cm³/mol. The summed E-state index contributed by atoms with van der Waals surface area (Å²) >= 11 is 0. The third kappa shape index (κ3) is 5.20. The molecule has 3 N–H and O–H groups in total. The van der Waals surface area contributed by atoms with Crippen LogP contribution in [-0.4, -0.2) is 81.7 Å². The Bertz CT molecular complexity index is 840. The van der Waals surface area contributed by atoms with Crippen molar-refractivity contribution in [2.24, 2.45) is 0 Å². The highest BCUT2D eigenvalue weighted by atomic mass is 16.5. The van der Waals surface area contributed by atoms with Gasteiger partial charge in [0.2, 0.25) is 5.95 Å². The fourth-order valence-electron chi connectivity index (χ4n) is 4.89. The molecule has 2 aliphatic rings. The summed E-state index contributed by atoms with van der Waals surface area (Å²) in [5, 5.41) is 3.27. The summed E-state index contributed by atoms with van der Waals surface area (Å²) in [5.41, 5.74) is 7.53. The number of ether oxygens (including phenoxy) is 1. The molecule has 9 nitrogen and oxygen atoms in total. The maximum Gasteiger partial charge on any atom is 0.298 e. The molecule has 0 atom stereocenters. The molecule has 172 valence electrons. The number of nitrogens with one attached hydrogen (secondary N) is 1. The van der Waals surface area contributed by atoms with Crippen molar-refractivity contribution in [1.29, 1.82) is 0 Å². The molecular formula is C22H38N8O. The van der Waals surface area contributed by atoms with Crippen LogP contribution >= 0.6 is 0 Å². The highest BCUT2D eigenvalue weighted by molar-refractivity contribution is 5.84. The van der Waals surface area contributed by atoms with Crippen molar-refractivity contribution >= 4 is 22.9 Å². The lowest BCUT2D eigenvalue weighted by Crippen LogP contribution is -2.49. The van der Waals surface area contributed by atoms with Gasteiger partial charge in [0, 0.05) is 45.3 Å². The van der Waals surface area contributed by atoms with Gasteiger partial charge in [-0.2, -0.15) is 15.0 Å². The number of unbranched alkanes of at least 4 members (excludes halogenated alkanes) is 1. The first-order valence-electron chi connectivity index (χ1n) is 12.0. The molecule has 2 aromatic heterocycles. The number of hydrogen-bond donors (Lipinski definition) is 2. The van der Waals surface area contributed by atoms with E-state index in [9.17, 15) is 0 Å². The molecule has 0 unspecified atom stereocenters. The summed E-state index contributed by atoms with van der Waals surface area (Å²) in [6, 6.07) is 1.39. The number of hydrogen-bond acceptors (Lipinski definition) is 8. The van der Waals surface area contributed by atoms with Crippen LogP contribution in [0.4, 0.5) is 11.8 Å². The second-order valence-corrected chi connectivity index (χ2v) is 8.80. The van der Waals surface area contributed by atoms with E-state index < -0.39 is 0 Å². The van der Waals surface area contributed by atoms with Gasteiger partial charge in [0.05, 0.1) is 7.11 Å². The highest BCUT2D eigenvalue weighted by Crippen LogP contribution is 2.26. The Balaban J connectivity index is 1.36. The number of piperazine rings is 1. The van der Waals surface area contributed by atoms with Gasteiger partial charge in [-0.15, -0.1) is 0 Å². The number of nitrogen functional groups attached to an aromatic ring is 1. The van der Waals surface area contributed by atoms with Crippen molar-refractivity contribution < 1.29 is 4.74 Å². The van der Waals surface area contributed by atoms with Gasteiger partial charge in [0.15, 0.2) is 17.0 Å². The lowest BCUT2D eigenvalue weighted by molar-refractivity contribution is 0.0963. The van der Waals surface area contributed by atoms with E-state index in [2.05, 4.69) is 32.0 Å². The van der Waals surface area contributed by atoms with Crippen LogP contribution < -0.4 is 15.8 Å². The molecule has 31 heavy (non-hydrogen) atoms. The minimum atomic E-state index is 0.393. The van der Waals surface area contributed by atoms with Crippen LogP contribution in [0.15, 0.2) is 0 Å². The molecule has 4 rings (SSSR count). The van der Waals surface area contributed by atoms with Crippen molar-refractivity contribution in [3.05, 3.63) is 0 Å². The molecule has 0 spiro atoms. The number of nitrogens with zero attached hydrogens (tertiary/aromatic N) is 6. The van der Waals surface area contributed by atoms with E-state index in [0.29, 0.717) is 23.3 Å². The smallest absolute Gasteiger partial charge is 0.298 e. The monoisotopic (exact) mass is 430 g/mol. The molecule has 0 radical (unpaired) electrons. The quantitative estimate of drug-likeness (QED) is 0.555. The molecule has 1 saturated heterocycles. The lowest BCUT2D eigenvalue weighted by Gasteiger charge is -2.38. The first-order chi connectivity index (χ1) is 15.2. The molecule has 0 bridgehead atoms. The number of fused-ring (bicyclic) bond motifs is 1. The molecule has 2 fully saturated rings. The fraction of sp³-hybridized carbons (Fsp3) is 0.773. The number of anilines is 2. The minimum Gasteiger partial charge on any atom is -0.468 e. The minimum absolute atomic E-state index is 0.393. The first kappa shape index (κ1) is 22.1. The van der Waals surface area contributed by atoms with Crippen molar-refractivity contribution in [2.75, 3.05) is 57.4 Å². The van der Waals surface area contributed by atoms with Crippen LogP contribution in [-0.2, 0) is 6.54 Å². The molecular weight excluding hydrogens is 392 g/mol. The normalized spacial score (nSPS) is 18.8. The Morgan fingerprint density at radius 1 is 1.03 bits per heavy atom. The lowest BCUT2D eigenvalue weighted by atomic mass is 10.2. The molecule has 1 saturated carbocycles. The van der Waals surface area contributed by atoms with Crippen LogP contribution in [0.3, 0.4) is 0 Å². The van der Waals surface area contributed by atoms with Crippen LogP contribution in [0.25, 0.3) is 11.2 Å². The van der Waals surface area contributed by atoms with Gasteiger partial charge in [0.1, 0.15) is 0 Å². The summed E-state index contributed by atoms with van der Waals surface area (Å²) < 4.78 is 7.56. The van der Waals surface area contributed by atoms with Crippen LogP contribution in [0.1, 0.15) is 51.9 Å². The summed E-state index contributed by atoms with van der Waals surface area (Å²) in [6.07, 6.45) is 8.82. The largest absolute Gasteiger partial charge is 0.468 e. The average molecular weight is 431 g/mol. The number of aryl methyl sites for hydroxylation is 1. The van der Waals surface area contributed by atoms with Gasteiger partial charge in [-0.05, 0) is 32.2 Å². The molecule has 9 heteroatoms. The third-order valence-corrected chi connectivity index (χ3v) is 6.69. The standard InChI is InChI=1S/C22H38N8O/c1-3-4-10-24-21-26-19(23)18-20(27-21)30(22(25-18)31-2)12-7-11-28-13-15-29(16-14-28)17-8-5-6-9-17/h17H,3-16H2,1-2H3,(H3,23,24,26,27). The zero-order valence-corrected chi connectivity index (χ0v) is 19.1. The highest BCUT2D eigenvalue weighted by Gasteiger charge is 2.26. The first-order valence-corrected chi connectivity index (χ1v) is 12.0. The Morgan fingerprint density at radius 2 is 1.81 bits per heavy atom. The Labute approximate surface area is 185 Å². The fourth-order valence-corrected chi connectivity index (χ4v) is 4.89. The van der Waals surface area contributed by atoms with Crippen LogP contribution in [0.2, 0.25) is 0 Å². The summed E-state index contributed by atoms with van der Waals surface area (Å²) in [6.45, 7) is 9.61. The summed E-state index contributed by atoms with van der Waals surface area (Å²) in [5.74, 6) is 0.953. The molecule has 2 aromatic rings. The number of rotatable bonds is 10. The van der Waals surface area contributed by atoms with E-state index in [4.69, 9.17) is 15.5 Å². The SMILES string of the molecule is CCCCNc1nc(N)c2nc(OC)n(CCCN3CCN(C4CCCC4)CC3)c2n1. The molecule has 1 aliphatic carbocycles. The van der Waals surface area contributed by atoms with Gasteiger partial charge in [-0.1, -0.05) is 26.2 Å². The second-order valence-electron chi connectivity index (χ2n) is 8.80. The van der Waals surface area contributed by atoms with E-state index in [-0.39, 0.29) is 0 Å². The number of imidazole rings is 1. The predicted octanol–water partition coefficient (Wildman–Crippen LogP) is 2.58. The zero-order valence-electron chi connectivity index (χ0n) is 19.1. The topological polar surface area (TPSA) is 97.4 Å². The van der Waals surface area contributed by atoms with Gasteiger partial charge >= 0.3 is 0 Å². The van der Waals surface area contributed by atoms with E-state index in [0.717, 1.165) is 50.6 Å². The zero-order chi connectivity index (χ0) is 21.6. The summed E-state index contributed by atoms with van der Waals surface area (Å²) in [4.78, 5) is 18.9. The summed E-state index contributed by atoms with van der Waals surface area (Å²) in [7, 11) is 1.64. The van der Waals surface area contributed by atoms with E-state index >= 15 is 0 Å². The molecule has 0 amide bonds. The van der Waals surface area contributed by atoms with Crippen LogP contribution in [0.5, 0.6) is 6.01 Å². The maximum atomic E-state index is 6.17. The van der Waals surface area contributed by atoms with Gasteiger partial charge in [-0.3, -0.25) is 9.47 Å². The van der Waals surface area contributed by atoms with Crippen molar-refractivity contribution in [2.45, 2.75) is 64.5 Å².